The average Bonchev–Trinajstić information content (AvgIpc) is 2.22. The van der Waals surface area contributed by atoms with Crippen molar-refractivity contribution >= 4 is 16.9 Å². The van der Waals surface area contributed by atoms with Crippen LogP contribution >= 0.6 is 16.9 Å². The summed E-state index contributed by atoms with van der Waals surface area (Å²) < 4.78 is 57.0. The fourth-order valence-corrected chi connectivity index (χ4v) is 1.85. The minimum Gasteiger partial charge on any atom is -0.336 e. The van der Waals surface area contributed by atoms with Crippen LogP contribution in [0.2, 0.25) is 0 Å². The lowest BCUT2D eigenvalue weighted by Crippen LogP contribution is -2.29. The van der Waals surface area contributed by atoms with Crippen molar-refractivity contribution in [3.05, 3.63) is 35.1 Å². The fraction of sp³-hybridized carbons (Fsp3) is 0.143. The smallest absolute Gasteiger partial charge is 0.336 e. The number of benzene rings is 1. The number of hydrogen-bond acceptors (Lipinski definition) is 6. The molecule has 0 aromatic heterocycles. The zero-order chi connectivity index (χ0) is 14.8. The van der Waals surface area contributed by atoms with Gasteiger partial charge in [-0.15, -0.1) is 4.89 Å². The van der Waals surface area contributed by atoms with Gasteiger partial charge in [-0.1, -0.05) is 0 Å². The van der Waals surface area contributed by atoms with Crippen molar-refractivity contribution in [2.24, 2.45) is 0 Å². The first-order valence-corrected chi connectivity index (χ1v) is 6.55. The first kappa shape index (κ1) is 16.4. The Kier molecular flexibility index (Phi) is 5.31. The van der Waals surface area contributed by atoms with Gasteiger partial charge in [0.15, 0.2) is 17.5 Å². The summed E-state index contributed by atoms with van der Waals surface area (Å²) in [6, 6.07) is 0.381. The Morgan fingerprint density at radius 1 is 1.21 bits per heavy atom. The van der Waals surface area contributed by atoms with Gasteiger partial charge in [-0.3, -0.25) is 0 Å². The summed E-state index contributed by atoms with van der Waals surface area (Å²) in [4.78, 5) is 25.6. The van der Waals surface area contributed by atoms with E-state index in [0.29, 0.717) is 0 Å². The van der Waals surface area contributed by atoms with Gasteiger partial charge in [0.25, 0.3) is 0 Å². The Hall–Kier alpha value is -0.700. The monoisotopic (exact) mass is 321 g/mol. The quantitative estimate of drug-likeness (QED) is 0.364. The molecule has 0 fully saturated rings. The SMILES string of the molecule is O=[P+](O)OC(O)(OP(O)O)c1cc(F)c(F)c(F)c1. The van der Waals surface area contributed by atoms with Crippen molar-refractivity contribution in [1.29, 1.82) is 0 Å². The third-order valence-corrected chi connectivity index (χ3v) is 2.57. The van der Waals surface area contributed by atoms with E-state index in [1.165, 1.54) is 0 Å². The van der Waals surface area contributed by atoms with Crippen molar-refractivity contribution in [3.8, 4) is 0 Å². The van der Waals surface area contributed by atoms with E-state index in [9.17, 15) is 22.8 Å². The second-order valence-electron chi connectivity index (χ2n) is 3.01. The predicted molar refractivity (Wildman–Crippen MR) is 53.6 cm³/mol. The Morgan fingerprint density at radius 2 is 1.68 bits per heavy atom. The van der Waals surface area contributed by atoms with Gasteiger partial charge in [-0.2, -0.15) is 0 Å². The molecule has 1 aromatic carbocycles. The summed E-state index contributed by atoms with van der Waals surface area (Å²) in [5.74, 6) is -8.72. The van der Waals surface area contributed by atoms with Crippen molar-refractivity contribution < 1.29 is 46.6 Å². The fourth-order valence-electron chi connectivity index (χ4n) is 1.08. The summed E-state index contributed by atoms with van der Waals surface area (Å²) in [5.41, 5.74) is -0.989. The summed E-state index contributed by atoms with van der Waals surface area (Å²) in [6.45, 7) is 0. The van der Waals surface area contributed by atoms with Crippen LogP contribution in [0.25, 0.3) is 0 Å². The van der Waals surface area contributed by atoms with E-state index >= 15 is 0 Å². The van der Waals surface area contributed by atoms with Crippen LogP contribution in [0.3, 0.4) is 0 Å². The van der Waals surface area contributed by atoms with E-state index < -0.39 is 45.8 Å². The first-order valence-electron chi connectivity index (χ1n) is 4.25. The summed E-state index contributed by atoms with van der Waals surface area (Å²) in [7, 11) is -6.87. The molecule has 106 valence electrons. The molecular formula is C7H6F3O7P2+. The van der Waals surface area contributed by atoms with E-state index in [2.05, 4.69) is 9.05 Å². The van der Waals surface area contributed by atoms with Crippen LogP contribution in [0.5, 0.6) is 0 Å². The number of hydrogen-bond donors (Lipinski definition) is 4. The third-order valence-electron chi connectivity index (χ3n) is 1.76. The summed E-state index contributed by atoms with van der Waals surface area (Å²) in [5, 5.41) is 9.62. The van der Waals surface area contributed by atoms with Crippen molar-refractivity contribution in [3.63, 3.8) is 0 Å². The molecule has 0 aliphatic carbocycles. The van der Waals surface area contributed by atoms with Gasteiger partial charge < -0.3 is 14.9 Å². The molecule has 0 saturated heterocycles. The van der Waals surface area contributed by atoms with Crippen LogP contribution in [-0.4, -0.2) is 19.8 Å². The zero-order valence-electron chi connectivity index (χ0n) is 8.70. The lowest BCUT2D eigenvalue weighted by molar-refractivity contribution is -0.287. The van der Waals surface area contributed by atoms with Gasteiger partial charge >= 0.3 is 22.8 Å². The zero-order valence-corrected chi connectivity index (χ0v) is 10.5. The van der Waals surface area contributed by atoms with E-state index in [0.717, 1.165) is 0 Å². The summed E-state index contributed by atoms with van der Waals surface area (Å²) >= 11 is 0. The number of rotatable bonds is 5. The first-order chi connectivity index (χ1) is 8.65. The second kappa shape index (κ2) is 6.17. The minimum absolute atomic E-state index is 0.191. The highest BCUT2D eigenvalue weighted by molar-refractivity contribution is 7.39. The van der Waals surface area contributed by atoms with Gasteiger partial charge in [0, 0.05) is 4.57 Å². The van der Waals surface area contributed by atoms with Gasteiger partial charge in [0.1, 0.15) is 0 Å². The predicted octanol–water partition coefficient (Wildman–Crippen LogP) is 1.10. The van der Waals surface area contributed by atoms with Crippen LogP contribution in [0.4, 0.5) is 13.2 Å². The molecule has 7 nitrogen and oxygen atoms in total. The van der Waals surface area contributed by atoms with E-state index in [-0.39, 0.29) is 12.1 Å². The third kappa shape index (κ3) is 4.13. The van der Waals surface area contributed by atoms with Crippen LogP contribution in [-0.2, 0) is 19.6 Å². The van der Waals surface area contributed by atoms with Gasteiger partial charge in [0.2, 0.25) is 0 Å². The maximum absolute atomic E-state index is 13.0. The topological polar surface area (TPSA) is 116 Å². The lowest BCUT2D eigenvalue weighted by Gasteiger charge is -2.21. The summed E-state index contributed by atoms with van der Waals surface area (Å²) in [6.07, 6.45) is 0. The normalized spacial score (nSPS) is 15.5. The van der Waals surface area contributed by atoms with Crippen LogP contribution in [0, 0.1) is 17.5 Å². The molecule has 0 bridgehead atoms. The van der Waals surface area contributed by atoms with E-state index in [4.69, 9.17) is 14.7 Å². The molecule has 19 heavy (non-hydrogen) atoms. The molecule has 12 heteroatoms. The van der Waals surface area contributed by atoms with Crippen molar-refractivity contribution in [2.75, 3.05) is 0 Å². The molecule has 0 amide bonds. The van der Waals surface area contributed by atoms with Gasteiger partial charge in [0.05, 0.1) is 5.56 Å². The Labute approximate surface area is 105 Å². The molecule has 2 unspecified atom stereocenters. The molecule has 1 aromatic rings. The molecule has 0 saturated carbocycles. The molecular weight excluding hydrogens is 315 g/mol. The molecule has 1 rings (SSSR count). The average molecular weight is 321 g/mol. The minimum atomic E-state index is -3.55. The van der Waals surface area contributed by atoms with Crippen molar-refractivity contribution in [2.45, 2.75) is 5.97 Å². The molecule has 0 aliphatic heterocycles. The maximum Gasteiger partial charge on any atom is 0.700 e. The Bertz CT molecular complexity index is 477. The largest absolute Gasteiger partial charge is 0.700 e. The number of aliphatic hydroxyl groups is 1. The molecule has 4 N–H and O–H groups in total. The maximum atomic E-state index is 13.0. The second-order valence-corrected chi connectivity index (χ2v) is 4.36. The van der Waals surface area contributed by atoms with Crippen molar-refractivity contribution in [1.82, 2.24) is 0 Å². The standard InChI is InChI=1S/C7H5F3O7P2/c8-4-1-3(2-5(9)6(4)10)7(11,16-18(12)13)17-19(14)15/h1-2,11-13H/p+1. The molecule has 0 spiro atoms. The van der Waals surface area contributed by atoms with Crippen LogP contribution in [0.15, 0.2) is 12.1 Å². The molecule has 0 heterocycles. The lowest BCUT2D eigenvalue weighted by atomic mass is 10.1. The van der Waals surface area contributed by atoms with E-state index in [1.807, 2.05) is 0 Å². The van der Waals surface area contributed by atoms with Gasteiger partial charge in [-0.25, -0.2) is 17.7 Å². The Morgan fingerprint density at radius 3 is 2.05 bits per heavy atom. The molecule has 0 aliphatic rings. The van der Waals surface area contributed by atoms with Crippen LogP contribution < -0.4 is 0 Å². The molecule has 2 atom stereocenters. The highest BCUT2D eigenvalue weighted by Gasteiger charge is 2.45. The van der Waals surface area contributed by atoms with Crippen LogP contribution in [0.1, 0.15) is 5.56 Å². The molecule has 0 radical (unpaired) electrons. The Balaban J connectivity index is 3.28. The number of halogens is 3. The highest BCUT2D eigenvalue weighted by atomic mass is 31.2. The highest BCUT2D eigenvalue weighted by Crippen LogP contribution is 2.43. The van der Waals surface area contributed by atoms with Gasteiger partial charge in [-0.05, 0) is 16.7 Å². The van der Waals surface area contributed by atoms with E-state index in [1.54, 1.807) is 0 Å².